The molecule has 0 aliphatic heterocycles. The number of aryl methyl sites for hydroxylation is 3. The van der Waals surface area contributed by atoms with Crippen LogP contribution < -0.4 is 4.74 Å². The molecule has 0 bridgehead atoms. The topological polar surface area (TPSA) is 35.0 Å². The maximum absolute atomic E-state index is 5.74. The number of hydrogen-bond acceptors (Lipinski definition) is 4. The summed E-state index contributed by atoms with van der Waals surface area (Å²) in [6.45, 7) is 6.93. The van der Waals surface area contributed by atoms with Crippen molar-refractivity contribution in [1.82, 2.24) is 9.97 Å². The molecule has 0 saturated heterocycles. The molecule has 0 saturated carbocycles. The van der Waals surface area contributed by atoms with Crippen LogP contribution in [0.2, 0.25) is 0 Å². The third kappa shape index (κ3) is 4.53. The van der Waals surface area contributed by atoms with Crippen molar-refractivity contribution in [2.75, 3.05) is 12.4 Å². The van der Waals surface area contributed by atoms with Crippen molar-refractivity contribution in [1.29, 1.82) is 0 Å². The first-order valence-electron chi connectivity index (χ1n) is 6.76. The monoisotopic (exact) mass is 288 g/mol. The molecule has 0 aliphatic carbocycles. The summed E-state index contributed by atoms with van der Waals surface area (Å²) in [6, 6.07) is 6.21. The van der Waals surface area contributed by atoms with E-state index in [0.717, 1.165) is 35.2 Å². The zero-order chi connectivity index (χ0) is 14.4. The molecular weight excluding hydrogens is 268 g/mol. The minimum absolute atomic E-state index is 0.724. The minimum Gasteiger partial charge on any atom is -0.494 e. The Hall–Kier alpha value is -1.55. The Labute approximate surface area is 124 Å². The van der Waals surface area contributed by atoms with Crippen LogP contribution in [0.1, 0.15) is 23.1 Å². The minimum atomic E-state index is 0.724. The van der Waals surface area contributed by atoms with Gasteiger partial charge in [-0.25, -0.2) is 9.97 Å². The molecule has 0 radical (unpaired) electrons. The number of ether oxygens (including phenoxy) is 1. The van der Waals surface area contributed by atoms with Gasteiger partial charge in [-0.3, -0.25) is 0 Å². The van der Waals surface area contributed by atoms with Crippen molar-refractivity contribution in [3.8, 4) is 5.75 Å². The quantitative estimate of drug-likeness (QED) is 0.458. The summed E-state index contributed by atoms with van der Waals surface area (Å²) < 4.78 is 5.74. The van der Waals surface area contributed by atoms with Crippen LogP contribution in [-0.4, -0.2) is 22.3 Å². The van der Waals surface area contributed by atoms with Gasteiger partial charge in [-0.15, -0.1) is 0 Å². The van der Waals surface area contributed by atoms with E-state index in [9.17, 15) is 0 Å². The van der Waals surface area contributed by atoms with Crippen LogP contribution in [0.4, 0.5) is 0 Å². The summed E-state index contributed by atoms with van der Waals surface area (Å²) in [4.78, 5) is 8.53. The van der Waals surface area contributed by atoms with Gasteiger partial charge in [0.1, 0.15) is 5.75 Å². The SMILES string of the molecule is Cc1cnc(SCCCOc2ccc(C)c(C)c2)nc1. The fourth-order valence-electron chi connectivity index (χ4n) is 1.67. The van der Waals surface area contributed by atoms with E-state index in [1.165, 1.54) is 11.1 Å². The third-order valence-corrected chi connectivity index (χ3v) is 3.99. The van der Waals surface area contributed by atoms with Crippen LogP contribution in [0.5, 0.6) is 5.75 Å². The molecule has 4 heteroatoms. The molecule has 1 aromatic heterocycles. The number of benzene rings is 1. The van der Waals surface area contributed by atoms with E-state index in [4.69, 9.17) is 4.74 Å². The lowest BCUT2D eigenvalue weighted by Gasteiger charge is -2.08. The lowest BCUT2D eigenvalue weighted by molar-refractivity contribution is 0.318. The van der Waals surface area contributed by atoms with Crippen LogP contribution in [0.3, 0.4) is 0 Å². The fraction of sp³-hybridized carbons (Fsp3) is 0.375. The highest BCUT2D eigenvalue weighted by atomic mass is 32.2. The number of rotatable bonds is 6. The molecule has 0 N–H and O–H groups in total. The van der Waals surface area contributed by atoms with Gasteiger partial charge in [0.05, 0.1) is 6.61 Å². The van der Waals surface area contributed by atoms with Gasteiger partial charge in [-0.2, -0.15) is 0 Å². The smallest absolute Gasteiger partial charge is 0.187 e. The van der Waals surface area contributed by atoms with Crippen molar-refractivity contribution in [2.24, 2.45) is 0 Å². The van der Waals surface area contributed by atoms with Crippen LogP contribution in [0.15, 0.2) is 35.7 Å². The predicted octanol–water partition coefficient (Wildman–Crippen LogP) is 3.96. The summed E-state index contributed by atoms with van der Waals surface area (Å²) in [5.41, 5.74) is 3.65. The van der Waals surface area contributed by atoms with E-state index < -0.39 is 0 Å². The van der Waals surface area contributed by atoms with Gasteiger partial charge >= 0.3 is 0 Å². The molecule has 106 valence electrons. The molecule has 0 amide bonds. The zero-order valence-corrected chi connectivity index (χ0v) is 13.0. The highest BCUT2D eigenvalue weighted by molar-refractivity contribution is 7.99. The van der Waals surface area contributed by atoms with E-state index in [0.29, 0.717) is 0 Å². The Morgan fingerprint density at radius 3 is 2.50 bits per heavy atom. The van der Waals surface area contributed by atoms with Gasteiger partial charge in [0, 0.05) is 18.1 Å². The zero-order valence-electron chi connectivity index (χ0n) is 12.2. The first-order valence-corrected chi connectivity index (χ1v) is 7.75. The second-order valence-corrected chi connectivity index (χ2v) is 5.90. The lowest BCUT2D eigenvalue weighted by Crippen LogP contribution is -1.99. The lowest BCUT2D eigenvalue weighted by atomic mass is 10.1. The van der Waals surface area contributed by atoms with Crippen LogP contribution in [0.25, 0.3) is 0 Å². The predicted molar refractivity (Wildman–Crippen MR) is 83.5 cm³/mol. The third-order valence-electron chi connectivity index (χ3n) is 3.02. The average molecular weight is 288 g/mol. The number of nitrogens with zero attached hydrogens (tertiary/aromatic N) is 2. The van der Waals surface area contributed by atoms with Gasteiger partial charge < -0.3 is 4.74 Å². The van der Waals surface area contributed by atoms with Crippen molar-refractivity contribution in [2.45, 2.75) is 32.3 Å². The molecule has 3 nitrogen and oxygen atoms in total. The van der Waals surface area contributed by atoms with Crippen LogP contribution in [-0.2, 0) is 0 Å². The molecule has 20 heavy (non-hydrogen) atoms. The molecule has 0 fully saturated rings. The standard InChI is InChI=1S/C16H20N2OS/c1-12-10-17-16(18-11-12)20-8-4-7-19-15-6-5-13(2)14(3)9-15/h5-6,9-11H,4,7-8H2,1-3H3. The Morgan fingerprint density at radius 1 is 1.05 bits per heavy atom. The molecule has 0 spiro atoms. The van der Waals surface area contributed by atoms with E-state index in [2.05, 4.69) is 35.9 Å². The van der Waals surface area contributed by atoms with E-state index in [1.807, 2.05) is 25.4 Å². The molecule has 2 aromatic rings. The van der Waals surface area contributed by atoms with Gasteiger partial charge in [0.2, 0.25) is 0 Å². The Bertz CT molecular complexity index is 555. The van der Waals surface area contributed by atoms with E-state index >= 15 is 0 Å². The van der Waals surface area contributed by atoms with Gasteiger partial charge in [-0.1, -0.05) is 17.8 Å². The molecule has 0 aliphatic rings. The van der Waals surface area contributed by atoms with Crippen LogP contribution in [0, 0.1) is 20.8 Å². The second kappa shape index (κ2) is 7.29. The van der Waals surface area contributed by atoms with E-state index in [1.54, 1.807) is 11.8 Å². The first-order chi connectivity index (χ1) is 9.65. The number of hydrogen-bond donors (Lipinski definition) is 0. The highest BCUT2D eigenvalue weighted by Gasteiger charge is 1.99. The van der Waals surface area contributed by atoms with Gasteiger partial charge in [0.15, 0.2) is 5.16 Å². The molecular formula is C16H20N2OS. The van der Waals surface area contributed by atoms with Gasteiger partial charge in [0.25, 0.3) is 0 Å². The largest absolute Gasteiger partial charge is 0.494 e. The Morgan fingerprint density at radius 2 is 1.80 bits per heavy atom. The fourth-order valence-corrected chi connectivity index (χ4v) is 2.37. The molecule has 2 rings (SSSR count). The normalized spacial score (nSPS) is 10.6. The summed E-state index contributed by atoms with van der Waals surface area (Å²) in [6.07, 6.45) is 4.68. The van der Waals surface area contributed by atoms with Gasteiger partial charge in [-0.05, 0) is 56.0 Å². The summed E-state index contributed by atoms with van der Waals surface area (Å²) >= 11 is 1.67. The van der Waals surface area contributed by atoms with E-state index in [-0.39, 0.29) is 0 Å². The second-order valence-electron chi connectivity index (χ2n) is 4.84. The average Bonchev–Trinajstić information content (AvgIpc) is 2.44. The van der Waals surface area contributed by atoms with Crippen molar-refractivity contribution >= 4 is 11.8 Å². The maximum Gasteiger partial charge on any atom is 0.187 e. The van der Waals surface area contributed by atoms with Crippen molar-refractivity contribution in [3.63, 3.8) is 0 Å². The van der Waals surface area contributed by atoms with Crippen molar-refractivity contribution in [3.05, 3.63) is 47.3 Å². The Balaban J connectivity index is 1.68. The molecule has 1 aromatic carbocycles. The summed E-state index contributed by atoms with van der Waals surface area (Å²) in [5.74, 6) is 1.91. The van der Waals surface area contributed by atoms with Crippen molar-refractivity contribution < 1.29 is 4.74 Å². The maximum atomic E-state index is 5.74. The summed E-state index contributed by atoms with van der Waals surface area (Å²) in [7, 11) is 0. The Kier molecular flexibility index (Phi) is 5.41. The molecule has 0 atom stereocenters. The molecule has 1 heterocycles. The summed E-state index contributed by atoms with van der Waals surface area (Å²) in [5, 5.41) is 0.835. The first kappa shape index (κ1) is 14.9. The molecule has 0 unspecified atom stereocenters. The van der Waals surface area contributed by atoms with Crippen LogP contribution >= 0.6 is 11.8 Å². The number of aromatic nitrogens is 2. The number of thioether (sulfide) groups is 1. The highest BCUT2D eigenvalue weighted by Crippen LogP contribution is 2.17.